The lowest BCUT2D eigenvalue weighted by molar-refractivity contribution is -0.386. The smallest absolute Gasteiger partial charge is 0.311 e. The van der Waals surface area contributed by atoms with E-state index in [1.165, 1.54) is 19.1 Å². The molecule has 0 spiro atoms. The van der Waals surface area contributed by atoms with Crippen LogP contribution in [0.5, 0.6) is 5.75 Å². The van der Waals surface area contributed by atoms with Crippen molar-refractivity contribution in [1.29, 1.82) is 0 Å². The minimum atomic E-state index is -0.789. The largest absolute Gasteiger partial charge is 0.476 e. The van der Waals surface area contributed by atoms with E-state index in [-0.39, 0.29) is 23.5 Å². The first-order valence-corrected chi connectivity index (χ1v) is 5.64. The van der Waals surface area contributed by atoms with E-state index in [0.717, 1.165) is 6.07 Å². The van der Waals surface area contributed by atoms with Gasteiger partial charge in [0.1, 0.15) is 0 Å². The van der Waals surface area contributed by atoms with Crippen molar-refractivity contribution in [3.63, 3.8) is 0 Å². The Kier molecular flexibility index (Phi) is 4.57. The van der Waals surface area contributed by atoms with Gasteiger partial charge in [-0.1, -0.05) is 6.92 Å². The van der Waals surface area contributed by atoms with Gasteiger partial charge in [-0.3, -0.25) is 19.7 Å². The van der Waals surface area contributed by atoms with Crippen molar-refractivity contribution in [2.75, 3.05) is 0 Å². The molecule has 0 heterocycles. The second-order valence-corrected chi connectivity index (χ2v) is 3.88. The molecule has 1 atom stereocenters. The quantitative estimate of drug-likeness (QED) is 0.618. The summed E-state index contributed by atoms with van der Waals surface area (Å²) in [5.74, 6) is -1.01. The number of ketones is 1. The van der Waals surface area contributed by atoms with Crippen LogP contribution < -0.4 is 10.5 Å². The van der Waals surface area contributed by atoms with E-state index in [2.05, 4.69) is 0 Å². The van der Waals surface area contributed by atoms with Gasteiger partial charge in [-0.25, -0.2) is 0 Å². The lowest BCUT2D eigenvalue weighted by atomic mass is 10.1. The van der Waals surface area contributed by atoms with E-state index in [4.69, 9.17) is 10.5 Å². The number of benzene rings is 1. The van der Waals surface area contributed by atoms with Crippen molar-refractivity contribution in [3.8, 4) is 5.75 Å². The maximum Gasteiger partial charge on any atom is 0.311 e. The maximum atomic E-state index is 11.4. The van der Waals surface area contributed by atoms with Gasteiger partial charge in [0, 0.05) is 18.1 Å². The third-order valence-electron chi connectivity index (χ3n) is 2.55. The van der Waals surface area contributed by atoms with Crippen LogP contribution in [-0.2, 0) is 4.79 Å². The van der Waals surface area contributed by atoms with E-state index in [1.807, 2.05) is 0 Å². The van der Waals surface area contributed by atoms with Crippen LogP contribution >= 0.6 is 0 Å². The summed E-state index contributed by atoms with van der Waals surface area (Å²) >= 11 is 0. The fourth-order valence-electron chi connectivity index (χ4n) is 1.46. The molecule has 1 amide bonds. The number of nitro groups is 1. The molecule has 19 heavy (non-hydrogen) atoms. The van der Waals surface area contributed by atoms with Gasteiger partial charge in [0.25, 0.3) is 0 Å². The van der Waals surface area contributed by atoms with Crippen LogP contribution in [0, 0.1) is 10.1 Å². The van der Waals surface area contributed by atoms with Crippen molar-refractivity contribution < 1.29 is 19.2 Å². The first kappa shape index (κ1) is 14.6. The highest BCUT2D eigenvalue weighted by atomic mass is 16.6. The third kappa shape index (κ3) is 3.51. The van der Waals surface area contributed by atoms with E-state index < -0.39 is 22.6 Å². The van der Waals surface area contributed by atoms with Gasteiger partial charge >= 0.3 is 5.69 Å². The van der Waals surface area contributed by atoms with Crippen molar-refractivity contribution >= 4 is 17.4 Å². The number of nitrogens with two attached hydrogens (primary N) is 1. The molecule has 0 aromatic heterocycles. The Bertz CT molecular complexity index is 527. The normalized spacial score (nSPS) is 11.7. The zero-order valence-corrected chi connectivity index (χ0v) is 10.6. The number of Topliss-reactive ketones (excluding diaryl/α,β-unsaturated/α-hetero) is 1. The molecule has 7 heteroatoms. The Labute approximate surface area is 109 Å². The average molecular weight is 266 g/mol. The fraction of sp³-hybridized carbons (Fsp3) is 0.333. The first-order valence-electron chi connectivity index (χ1n) is 5.64. The fourth-order valence-corrected chi connectivity index (χ4v) is 1.46. The van der Waals surface area contributed by atoms with Gasteiger partial charge in [0.15, 0.2) is 17.6 Å². The molecule has 1 rings (SSSR count). The van der Waals surface area contributed by atoms with Crippen molar-refractivity contribution in [1.82, 2.24) is 0 Å². The number of ether oxygens (including phenoxy) is 1. The molecule has 0 saturated heterocycles. The SMILES string of the molecule is CCC(=O)C(C)Oc1ccc(C(N)=O)cc1[N+](=O)[O-]. The summed E-state index contributed by atoms with van der Waals surface area (Å²) < 4.78 is 5.25. The Morgan fingerprint density at radius 3 is 2.58 bits per heavy atom. The molecule has 0 bridgehead atoms. The second kappa shape index (κ2) is 5.94. The molecule has 1 aromatic carbocycles. The van der Waals surface area contributed by atoms with Crippen LogP contribution in [0.2, 0.25) is 0 Å². The molecule has 102 valence electrons. The van der Waals surface area contributed by atoms with E-state index in [9.17, 15) is 19.7 Å². The molecule has 0 aliphatic carbocycles. The van der Waals surface area contributed by atoms with Crippen molar-refractivity contribution in [2.45, 2.75) is 26.4 Å². The third-order valence-corrected chi connectivity index (χ3v) is 2.55. The van der Waals surface area contributed by atoms with Crippen LogP contribution in [0.3, 0.4) is 0 Å². The summed E-state index contributed by atoms with van der Waals surface area (Å²) in [6.07, 6.45) is -0.517. The van der Waals surface area contributed by atoms with Gasteiger partial charge in [-0.15, -0.1) is 0 Å². The zero-order chi connectivity index (χ0) is 14.6. The monoisotopic (exact) mass is 266 g/mol. The summed E-state index contributed by atoms with van der Waals surface area (Å²) in [5.41, 5.74) is 4.66. The van der Waals surface area contributed by atoms with Crippen molar-refractivity contribution in [3.05, 3.63) is 33.9 Å². The molecule has 1 unspecified atom stereocenters. The number of rotatable bonds is 6. The van der Waals surface area contributed by atoms with Gasteiger partial charge in [-0.2, -0.15) is 0 Å². The van der Waals surface area contributed by atoms with Crippen molar-refractivity contribution in [2.24, 2.45) is 5.73 Å². The van der Waals surface area contributed by atoms with E-state index >= 15 is 0 Å². The van der Waals surface area contributed by atoms with Gasteiger partial charge in [0.05, 0.1) is 4.92 Å². The Hall–Kier alpha value is -2.44. The first-order chi connectivity index (χ1) is 8.86. The molecule has 0 aliphatic heterocycles. The number of hydrogen-bond acceptors (Lipinski definition) is 5. The van der Waals surface area contributed by atoms with E-state index in [0.29, 0.717) is 0 Å². The van der Waals surface area contributed by atoms with Crippen LogP contribution in [0.4, 0.5) is 5.69 Å². The topological polar surface area (TPSA) is 113 Å². The summed E-state index contributed by atoms with van der Waals surface area (Å²) in [6.45, 7) is 3.18. The zero-order valence-electron chi connectivity index (χ0n) is 10.6. The van der Waals surface area contributed by atoms with Gasteiger partial charge in [-0.05, 0) is 19.1 Å². The standard InChI is InChI=1S/C12H14N2O5/c1-3-10(15)7(2)19-11-5-4-8(12(13)16)6-9(11)14(17)18/h4-7H,3H2,1-2H3,(H2,13,16). The minimum Gasteiger partial charge on any atom is -0.476 e. The summed E-state index contributed by atoms with van der Waals surface area (Å²) in [4.78, 5) is 32.6. The molecule has 0 radical (unpaired) electrons. The summed E-state index contributed by atoms with van der Waals surface area (Å²) in [6, 6.07) is 3.60. The highest BCUT2D eigenvalue weighted by molar-refractivity contribution is 5.93. The lowest BCUT2D eigenvalue weighted by Gasteiger charge is -2.13. The second-order valence-electron chi connectivity index (χ2n) is 3.88. The average Bonchev–Trinajstić information content (AvgIpc) is 2.37. The van der Waals surface area contributed by atoms with E-state index in [1.54, 1.807) is 6.92 Å². The molecule has 7 nitrogen and oxygen atoms in total. The molecule has 2 N–H and O–H groups in total. The van der Waals surface area contributed by atoms with Crippen LogP contribution in [-0.4, -0.2) is 22.7 Å². The minimum absolute atomic E-state index is 0.00789. The predicted octanol–water partition coefficient (Wildman–Crippen LogP) is 1.44. The number of carbonyl (C=O) groups excluding carboxylic acids is 2. The van der Waals surface area contributed by atoms with Crippen LogP contribution in [0.1, 0.15) is 30.6 Å². The predicted molar refractivity (Wildman–Crippen MR) is 67.0 cm³/mol. The molecule has 1 aromatic rings. The highest BCUT2D eigenvalue weighted by Crippen LogP contribution is 2.29. The number of nitrogens with zero attached hydrogens (tertiary/aromatic N) is 1. The molecule has 0 fully saturated rings. The number of hydrogen-bond donors (Lipinski definition) is 1. The van der Waals surface area contributed by atoms with Gasteiger partial charge < -0.3 is 10.5 Å². The molecule has 0 aliphatic rings. The lowest BCUT2D eigenvalue weighted by Crippen LogP contribution is -2.23. The highest BCUT2D eigenvalue weighted by Gasteiger charge is 2.21. The number of nitro benzene ring substituents is 1. The molecule has 0 saturated carbocycles. The summed E-state index contributed by atoms with van der Waals surface area (Å²) in [5, 5.41) is 10.9. The Morgan fingerprint density at radius 1 is 1.47 bits per heavy atom. The maximum absolute atomic E-state index is 11.4. The van der Waals surface area contributed by atoms with Crippen LogP contribution in [0.15, 0.2) is 18.2 Å². The van der Waals surface area contributed by atoms with Gasteiger partial charge in [0.2, 0.25) is 5.91 Å². The number of amides is 1. The molecular formula is C12H14N2O5. The van der Waals surface area contributed by atoms with Crippen LogP contribution in [0.25, 0.3) is 0 Å². The number of carbonyl (C=O) groups is 2. The summed E-state index contributed by atoms with van der Waals surface area (Å²) in [7, 11) is 0. The Balaban J connectivity index is 3.10. The molecular weight excluding hydrogens is 252 g/mol. The number of primary amides is 1. The Morgan fingerprint density at radius 2 is 2.11 bits per heavy atom.